The van der Waals surface area contributed by atoms with Crippen LogP contribution in [0.25, 0.3) is 22.2 Å². The van der Waals surface area contributed by atoms with E-state index in [-0.39, 0.29) is 0 Å². The molecule has 3 aromatic rings. The predicted molar refractivity (Wildman–Crippen MR) is 109 cm³/mol. The number of nitrogens with two attached hydrogens (primary N) is 2. The Morgan fingerprint density at radius 2 is 1.83 bits per heavy atom. The molecule has 150 valence electrons. The molecule has 0 atom stereocenters. The molecule has 0 radical (unpaired) electrons. The summed E-state index contributed by atoms with van der Waals surface area (Å²) < 4.78 is 34.6. The molecule has 3 rings (SSSR count). The first-order valence-electron chi connectivity index (χ1n) is 8.37. The van der Waals surface area contributed by atoms with E-state index >= 15 is 0 Å². The number of pyridine rings is 1. The monoisotopic (exact) mass is 414 g/mol. The van der Waals surface area contributed by atoms with E-state index in [1.54, 1.807) is 48.5 Å². The van der Waals surface area contributed by atoms with Gasteiger partial charge in [0.05, 0.1) is 12.8 Å². The van der Waals surface area contributed by atoms with Gasteiger partial charge in [-0.2, -0.15) is 8.42 Å². The maximum absolute atomic E-state index is 12.4. The van der Waals surface area contributed by atoms with Gasteiger partial charge in [0.25, 0.3) is 0 Å². The molecule has 0 unspecified atom stereocenters. The first-order valence-corrected chi connectivity index (χ1v) is 9.94. The molecule has 4 N–H and O–H groups in total. The lowest BCUT2D eigenvalue weighted by molar-refractivity contribution is 0.213. The number of hydrogen-bond donors (Lipinski definition) is 2. The number of amides is 1. The van der Waals surface area contributed by atoms with Gasteiger partial charge in [-0.1, -0.05) is 42.5 Å². The van der Waals surface area contributed by atoms with Crippen molar-refractivity contribution in [2.24, 2.45) is 16.5 Å². The topological polar surface area (TPSA) is 147 Å². The first kappa shape index (κ1) is 20.1. The summed E-state index contributed by atoms with van der Waals surface area (Å²) in [5.41, 5.74) is 12.2. The van der Waals surface area contributed by atoms with Crippen LogP contribution in [0.3, 0.4) is 0 Å². The van der Waals surface area contributed by atoms with E-state index in [1.807, 2.05) is 6.07 Å². The smallest absolute Gasteiger partial charge is 0.452 e. The van der Waals surface area contributed by atoms with Gasteiger partial charge in [-0.3, -0.25) is 0 Å². The van der Waals surface area contributed by atoms with Crippen LogP contribution in [-0.2, 0) is 20.1 Å². The molecule has 1 heterocycles. The van der Waals surface area contributed by atoms with Crippen molar-refractivity contribution in [1.29, 1.82) is 0 Å². The predicted octanol–water partition coefficient (Wildman–Crippen LogP) is 2.15. The minimum Gasteiger partial charge on any atom is -0.494 e. The molecule has 0 saturated heterocycles. The number of aliphatic imine (C=N–C) groups is 1. The number of hydrogen-bond acceptors (Lipinski definition) is 6. The summed E-state index contributed by atoms with van der Waals surface area (Å²) in [6, 6.07) is 16.0. The second-order valence-electron chi connectivity index (χ2n) is 5.98. The lowest BCUT2D eigenvalue weighted by atomic mass is 10.0. The largest absolute Gasteiger partial charge is 0.494 e. The Hall–Kier alpha value is -3.66. The lowest BCUT2D eigenvalue weighted by Crippen LogP contribution is -2.25. The third-order valence-electron chi connectivity index (χ3n) is 3.91. The maximum Gasteiger partial charge on any atom is 0.452 e. The normalized spacial score (nSPS) is 11.1. The van der Waals surface area contributed by atoms with Crippen LogP contribution in [0.2, 0.25) is 0 Å². The number of para-hydroxylation sites is 1. The van der Waals surface area contributed by atoms with Crippen LogP contribution >= 0.6 is 0 Å². The summed E-state index contributed by atoms with van der Waals surface area (Å²) in [4.78, 5) is 19.2. The molecule has 29 heavy (non-hydrogen) atoms. The van der Waals surface area contributed by atoms with Crippen LogP contribution in [0.5, 0.6) is 5.75 Å². The maximum atomic E-state index is 12.4. The number of carbonyl (C=O) groups is 1. The highest BCUT2D eigenvalue weighted by atomic mass is 32.2. The molecule has 2 aromatic carbocycles. The van der Waals surface area contributed by atoms with Crippen LogP contribution in [0, 0.1) is 0 Å². The van der Waals surface area contributed by atoms with Crippen molar-refractivity contribution in [1.82, 2.24) is 4.98 Å². The van der Waals surface area contributed by atoms with E-state index in [0.29, 0.717) is 33.5 Å². The second-order valence-corrected chi connectivity index (χ2v) is 7.55. The minimum absolute atomic E-state index is 0.342. The van der Waals surface area contributed by atoms with Gasteiger partial charge >= 0.3 is 16.2 Å². The van der Waals surface area contributed by atoms with Gasteiger partial charge in [-0.25, -0.2) is 9.78 Å². The van der Waals surface area contributed by atoms with Crippen molar-refractivity contribution in [3.8, 4) is 17.0 Å². The molecule has 1 aromatic heterocycles. The van der Waals surface area contributed by atoms with E-state index in [4.69, 9.17) is 16.2 Å². The molecule has 9 nitrogen and oxygen atoms in total. The Kier molecular flexibility index (Phi) is 5.64. The van der Waals surface area contributed by atoms with Crippen molar-refractivity contribution < 1.29 is 22.1 Å². The van der Waals surface area contributed by atoms with Crippen molar-refractivity contribution in [2.45, 2.75) is 5.75 Å². The van der Waals surface area contributed by atoms with Crippen molar-refractivity contribution in [3.05, 3.63) is 60.2 Å². The van der Waals surface area contributed by atoms with E-state index < -0.39 is 27.9 Å². The fourth-order valence-electron chi connectivity index (χ4n) is 2.79. The fourth-order valence-corrected chi connectivity index (χ4v) is 3.70. The van der Waals surface area contributed by atoms with Crippen LogP contribution in [-0.4, -0.2) is 32.6 Å². The first-order chi connectivity index (χ1) is 13.8. The third kappa shape index (κ3) is 4.79. The molecule has 0 aliphatic carbocycles. The molecule has 0 spiro atoms. The highest BCUT2D eigenvalue weighted by Gasteiger charge is 2.22. The highest BCUT2D eigenvalue weighted by Crippen LogP contribution is 2.31. The number of guanidine groups is 1. The van der Waals surface area contributed by atoms with Gasteiger partial charge in [0.2, 0.25) is 0 Å². The van der Waals surface area contributed by atoms with Gasteiger partial charge < -0.3 is 20.4 Å². The molecule has 0 fully saturated rings. The quantitative estimate of drug-likeness (QED) is 0.367. The average Bonchev–Trinajstić information content (AvgIpc) is 2.66. The van der Waals surface area contributed by atoms with Crippen molar-refractivity contribution >= 4 is 33.1 Å². The SMILES string of the molecule is COc1cccc2cc(CS(=O)(=O)OC(=O)N=C(N)N)c(-c3ccccc3)nc12. The lowest BCUT2D eigenvalue weighted by Gasteiger charge is -2.13. The number of methoxy groups -OCH3 is 1. The van der Waals surface area contributed by atoms with Gasteiger partial charge in [0.15, 0.2) is 5.96 Å². The van der Waals surface area contributed by atoms with Gasteiger partial charge in [-0.05, 0) is 17.7 Å². The summed E-state index contributed by atoms with van der Waals surface area (Å²) in [5.74, 6) is -0.661. The Morgan fingerprint density at radius 3 is 2.48 bits per heavy atom. The van der Waals surface area contributed by atoms with E-state index in [0.717, 1.165) is 0 Å². The minimum atomic E-state index is -4.33. The summed E-state index contributed by atoms with van der Waals surface area (Å²) in [6.07, 6.45) is -1.42. The van der Waals surface area contributed by atoms with Crippen LogP contribution in [0.1, 0.15) is 5.56 Å². The molecule has 1 amide bonds. The van der Waals surface area contributed by atoms with Crippen LogP contribution < -0.4 is 16.2 Å². The molecule has 0 saturated carbocycles. The standard InChI is InChI=1S/C19H18N4O5S/c1-27-15-9-5-8-13-10-14(11-29(25,26)28-19(24)23-18(20)21)16(22-17(13)15)12-6-3-2-4-7-12/h2-10H,11H2,1H3,(H4,20,21,23,24). The molecule has 0 bridgehead atoms. The van der Waals surface area contributed by atoms with E-state index in [9.17, 15) is 13.2 Å². The van der Waals surface area contributed by atoms with Crippen LogP contribution in [0.4, 0.5) is 4.79 Å². The summed E-state index contributed by atoms with van der Waals surface area (Å²) in [5, 5.41) is 0.671. The zero-order chi connectivity index (χ0) is 21.0. The summed E-state index contributed by atoms with van der Waals surface area (Å²) in [6.45, 7) is 0. The zero-order valence-corrected chi connectivity index (χ0v) is 16.2. The van der Waals surface area contributed by atoms with E-state index in [2.05, 4.69) is 14.2 Å². The molecule has 0 aliphatic rings. The van der Waals surface area contributed by atoms with Gasteiger partial charge in [0.1, 0.15) is 17.0 Å². The number of ether oxygens (including phenoxy) is 1. The summed E-state index contributed by atoms with van der Waals surface area (Å²) >= 11 is 0. The number of rotatable bonds is 5. The molecule has 10 heteroatoms. The van der Waals surface area contributed by atoms with Gasteiger partial charge in [-0.15, -0.1) is 4.99 Å². The van der Waals surface area contributed by atoms with Crippen LogP contribution in [0.15, 0.2) is 59.6 Å². The number of aromatic nitrogens is 1. The average molecular weight is 414 g/mol. The molecule has 0 aliphatic heterocycles. The number of fused-ring (bicyclic) bond motifs is 1. The Morgan fingerprint density at radius 1 is 1.10 bits per heavy atom. The van der Waals surface area contributed by atoms with Gasteiger partial charge in [0, 0.05) is 10.9 Å². The number of carbonyl (C=O) groups excluding carboxylic acids is 1. The second kappa shape index (κ2) is 8.15. The highest BCUT2D eigenvalue weighted by molar-refractivity contribution is 7.86. The van der Waals surface area contributed by atoms with E-state index in [1.165, 1.54) is 7.11 Å². The summed E-state index contributed by atoms with van der Waals surface area (Å²) in [7, 11) is -2.81. The van der Waals surface area contributed by atoms with Crippen molar-refractivity contribution in [3.63, 3.8) is 0 Å². The molecular weight excluding hydrogens is 396 g/mol. The zero-order valence-electron chi connectivity index (χ0n) is 15.4. The Labute approximate surface area is 167 Å². The third-order valence-corrected chi connectivity index (χ3v) is 4.97. The fraction of sp³-hybridized carbons (Fsp3) is 0.105. The number of nitrogens with zero attached hydrogens (tertiary/aromatic N) is 2. The van der Waals surface area contributed by atoms with Crippen molar-refractivity contribution in [2.75, 3.05) is 7.11 Å². The Bertz CT molecular complexity index is 1190. The Balaban J connectivity index is 2.11. The molecular formula is C19H18N4O5S. The number of benzene rings is 2.